The predicted octanol–water partition coefficient (Wildman–Crippen LogP) is 4.84. The third kappa shape index (κ3) is 3.98. The Morgan fingerprint density at radius 3 is 2.61 bits per heavy atom. The van der Waals surface area contributed by atoms with Crippen LogP contribution in [0.4, 0.5) is 0 Å². The maximum absolute atomic E-state index is 13.5. The van der Waals surface area contributed by atoms with Gasteiger partial charge in [0, 0.05) is 30.6 Å². The molecule has 1 unspecified atom stereocenters. The van der Waals surface area contributed by atoms with Crippen molar-refractivity contribution in [2.24, 2.45) is 0 Å². The predicted molar refractivity (Wildman–Crippen MR) is 124 cm³/mol. The lowest BCUT2D eigenvalue weighted by molar-refractivity contribution is -0.0195. The van der Waals surface area contributed by atoms with E-state index in [1.807, 2.05) is 55.5 Å². The van der Waals surface area contributed by atoms with Gasteiger partial charge in [-0.2, -0.15) is 0 Å². The summed E-state index contributed by atoms with van der Waals surface area (Å²) in [5.74, 6) is 0.835. The largest absolute Gasteiger partial charge is 0.487 e. The molecule has 0 aliphatic carbocycles. The molecular weight excluding hydrogens is 406 g/mol. The molecule has 2 aliphatic heterocycles. The Bertz CT molecular complexity index is 1090. The molecule has 2 aromatic carbocycles. The van der Waals surface area contributed by atoms with Crippen LogP contribution < -0.4 is 10.1 Å². The summed E-state index contributed by atoms with van der Waals surface area (Å²) in [4.78, 5) is 21.1. The fourth-order valence-corrected chi connectivity index (χ4v) is 5.52. The average molecular weight is 434 g/mol. The lowest BCUT2D eigenvalue weighted by Crippen LogP contribution is -2.51. The zero-order valence-corrected chi connectivity index (χ0v) is 18.7. The molecule has 1 fully saturated rings. The van der Waals surface area contributed by atoms with Crippen molar-refractivity contribution >= 4 is 17.2 Å². The summed E-state index contributed by atoms with van der Waals surface area (Å²) in [6, 6.07) is 18.0. The van der Waals surface area contributed by atoms with Crippen molar-refractivity contribution in [2.45, 2.75) is 37.8 Å². The Morgan fingerprint density at radius 1 is 1.13 bits per heavy atom. The molecule has 1 amide bonds. The van der Waals surface area contributed by atoms with Gasteiger partial charge < -0.3 is 15.0 Å². The first-order valence-corrected chi connectivity index (χ1v) is 11.6. The molecule has 3 aromatic rings. The van der Waals surface area contributed by atoms with Crippen LogP contribution in [0.2, 0.25) is 0 Å². The molecule has 2 aliphatic rings. The summed E-state index contributed by atoms with van der Waals surface area (Å²) in [6.07, 6.45) is 2.74. The molecule has 31 heavy (non-hydrogen) atoms. The number of ether oxygens (including phenoxy) is 1. The Balaban J connectivity index is 1.45. The second kappa shape index (κ2) is 8.09. The molecule has 0 saturated carbocycles. The van der Waals surface area contributed by atoms with Crippen molar-refractivity contribution in [1.29, 1.82) is 0 Å². The summed E-state index contributed by atoms with van der Waals surface area (Å²) in [5.41, 5.74) is 2.57. The number of amides is 1. The minimum absolute atomic E-state index is 0.0609. The van der Waals surface area contributed by atoms with E-state index in [1.165, 1.54) is 11.3 Å². The van der Waals surface area contributed by atoms with Crippen LogP contribution in [0.15, 0.2) is 54.6 Å². The molecule has 1 spiro atoms. The fraction of sp³-hybridized carbons (Fsp3) is 0.360. The molecule has 5 rings (SSSR count). The molecule has 6 heteroatoms. The Labute approximate surface area is 187 Å². The number of nitrogens with zero attached hydrogens (tertiary/aromatic N) is 2. The van der Waals surface area contributed by atoms with Crippen LogP contribution >= 0.6 is 11.3 Å². The first-order chi connectivity index (χ1) is 15.0. The fourth-order valence-electron chi connectivity index (χ4n) is 4.68. The second-order valence-electron chi connectivity index (χ2n) is 8.63. The van der Waals surface area contributed by atoms with Gasteiger partial charge in [-0.15, -0.1) is 11.3 Å². The second-order valence-corrected chi connectivity index (χ2v) is 9.84. The topological polar surface area (TPSA) is 54.5 Å². The maximum Gasteiger partial charge on any atom is 0.264 e. The molecule has 1 N–H and O–H groups in total. The smallest absolute Gasteiger partial charge is 0.264 e. The number of para-hydroxylation sites is 1. The molecule has 1 atom stereocenters. The van der Waals surface area contributed by atoms with Crippen molar-refractivity contribution < 1.29 is 9.53 Å². The van der Waals surface area contributed by atoms with Gasteiger partial charge in [-0.3, -0.25) is 4.79 Å². The summed E-state index contributed by atoms with van der Waals surface area (Å²) in [6.45, 7) is 3.97. The summed E-state index contributed by atoms with van der Waals surface area (Å²) >= 11 is 1.45. The third-order valence-electron chi connectivity index (χ3n) is 6.39. The number of aryl methyl sites for hydroxylation is 1. The van der Waals surface area contributed by atoms with Crippen molar-refractivity contribution in [3.05, 3.63) is 70.0 Å². The highest BCUT2D eigenvalue weighted by Crippen LogP contribution is 2.44. The van der Waals surface area contributed by atoms with Gasteiger partial charge in [-0.25, -0.2) is 4.98 Å². The Hall–Kier alpha value is -2.70. The quantitative estimate of drug-likeness (QED) is 0.642. The van der Waals surface area contributed by atoms with E-state index in [4.69, 9.17) is 4.74 Å². The first-order valence-electron chi connectivity index (χ1n) is 10.8. The van der Waals surface area contributed by atoms with E-state index in [0.717, 1.165) is 59.9 Å². The highest BCUT2D eigenvalue weighted by Gasteiger charge is 2.43. The lowest BCUT2D eigenvalue weighted by atomic mass is 9.80. The molecular formula is C25H27N3O2S. The number of benzene rings is 2. The monoisotopic (exact) mass is 433 g/mol. The van der Waals surface area contributed by atoms with Gasteiger partial charge in [0.2, 0.25) is 0 Å². The standard InChI is InChI=1S/C25H27N3O2S/c1-17-26-22(18-8-4-3-5-9-18)23(31-17)24(29)27-20-16-25(12-14-28(2)15-13-25)30-21-11-7-6-10-19(20)21/h3-11,20H,12-16H2,1-2H3,(H,27,29). The molecule has 160 valence electrons. The zero-order valence-electron chi connectivity index (χ0n) is 17.9. The van der Waals surface area contributed by atoms with Crippen molar-refractivity contribution in [3.63, 3.8) is 0 Å². The molecule has 1 aromatic heterocycles. The minimum Gasteiger partial charge on any atom is -0.487 e. The van der Waals surface area contributed by atoms with Crippen LogP contribution in [0, 0.1) is 6.92 Å². The molecule has 1 saturated heterocycles. The van der Waals surface area contributed by atoms with E-state index in [9.17, 15) is 4.79 Å². The van der Waals surface area contributed by atoms with Crippen molar-refractivity contribution in [2.75, 3.05) is 20.1 Å². The van der Waals surface area contributed by atoms with E-state index in [2.05, 4.69) is 28.3 Å². The number of carbonyl (C=O) groups is 1. The Kier molecular flexibility index (Phi) is 5.28. The van der Waals surface area contributed by atoms with Gasteiger partial charge in [0.15, 0.2) is 0 Å². The molecule has 0 bridgehead atoms. The number of piperidine rings is 1. The lowest BCUT2D eigenvalue weighted by Gasteiger charge is -2.46. The highest BCUT2D eigenvalue weighted by molar-refractivity contribution is 7.14. The van der Waals surface area contributed by atoms with Crippen molar-refractivity contribution in [1.82, 2.24) is 15.2 Å². The van der Waals surface area contributed by atoms with E-state index >= 15 is 0 Å². The number of thiazole rings is 1. The average Bonchev–Trinajstić information content (AvgIpc) is 3.18. The van der Waals surface area contributed by atoms with Crippen molar-refractivity contribution in [3.8, 4) is 17.0 Å². The maximum atomic E-state index is 13.5. The Morgan fingerprint density at radius 2 is 1.84 bits per heavy atom. The number of likely N-dealkylation sites (tertiary alicyclic amines) is 1. The van der Waals surface area contributed by atoms with Crippen LogP contribution in [0.5, 0.6) is 5.75 Å². The van der Waals surface area contributed by atoms with Gasteiger partial charge in [-0.1, -0.05) is 48.5 Å². The van der Waals surface area contributed by atoms with Gasteiger partial charge in [0.25, 0.3) is 5.91 Å². The van der Waals surface area contributed by atoms with E-state index < -0.39 is 0 Å². The van der Waals surface area contributed by atoms with Gasteiger partial charge in [-0.05, 0) is 32.9 Å². The summed E-state index contributed by atoms with van der Waals surface area (Å²) < 4.78 is 6.54. The number of rotatable bonds is 3. The van der Waals surface area contributed by atoms with Crippen LogP contribution in [0.3, 0.4) is 0 Å². The van der Waals surface area contributed by atoms with E-state index in [0.29, 0.717) is 4.88 Å². The van der Waals surface area contributed by atoms with Crippen LogP contribution in [-0.2, 0) is 0 Å². The SMILES string of the molecule is Cc1nc(-c2ccccc2)c(C(=O)NC2CC3(CCN(C)CC3)Oc3ccccc32)s1. The number of carbonyl (C=O) groups excluding carboxylic acids is 1. The highest BCUT2D eigenvalue weighted by atomic mass is 32.1. The van der Waals surface area contributed by atoms with E-state index in [-0.39, 0.29) is 17.6 Å². The third-order valence-corrected chi connectivity index (χ3v) is 7.36. The molecule has 3 heterocycles. The zero-order chi connectivity index (χ0) is 21.4. The van der Waals surface area contributed by atoms with Gasteiger partial charge in [0.1, 0.15) is 16.2 Å². The number of hydrogen-bond acceptors (Lipinski definition) is 5. The van der Waals surface area contributed by atoms with Crippen LogP contribution in [-0.4, -0.2) is 41.5 Å². The number of fused-ring (bicyclic) bond motifs is 1. The minimum atomic E-state index is -0.218. The van der Waals surface area contributed by atoms with Crippen LogP contribution in [0.1, 0.15) is 45.5 Å². The molecule has 5 nitrogen and oxygen atoms in total. The van der Waals surface area contributed by atoms with E-state index in [1.54, 1.807) is 0 Å². The first kappa shape index (κ1) is 20.2. The van der Waals surface area contributed by atoms with Gasteiger partial charge >= 0.3 is 0 Å². The number of hydrogen-bond donors (Lipinski definition) is 1. The number of aromatic nitrogens is 1. The summed E-state index contributed by atoms with van der Waals surface area (Å²) in [7, 11) is 2.15. The summed E-state index contributed by atoms with van der Waals surface area (Å²) in [5, 5.41) is 4.23. The molecule has 0 radical (unpaired) electrons. The van der Waals surface area contributed by atoms with Crippen LogP contribution in [0.25, 0.3) is 11.3 Å². The van der Waals surface area contributed by atoms with Gasteiger partial charge in [0.05, 0.1) is 16.7 Å². The normalized spacial score (nSPS) is 20.1. The number of nitrogens with one attached hydrogen (secondary N) is 1.